The molecule has 0 atom stereocenters. The molecule has 0 N–H and O–H groups in total. The molecule has 0 saturated carbocycles. The molecular formula is C20H16Cl2NO2-. The third-order valence-electron chi connectivity index (χ3n) is 4.43. The molecule has 1 heterocycles. The Morgan fingerprint density at radius 2 is 1.64 bits per heavy atom. The highest BCUT2D eigenvalue weighted by Crippen LogP contribution is 2.33. The molecule has 3 rings (SSSR count). The summed E-state index contributed by atoms with van der Waals surface area (Å²) in [6.07, 6.45) is 0. The minimum absolute atomic E-state index is 0.152. The van der Waals surface area contributed by atoms with E-state index < -0.39 is 5.97 Å². The molecule has 128 valence electrons. The summed E-state index contributed by atoms with van der Waals surface area (Å²) in [4.78, 5) is 11.5. The van der Waals surface area contributed by atoms with Crippen molar-refractivity contribution in [1.82, 2.24) is 4.57 Å². The summed E-state index contributed by atoms with van der Waals surface area (Å²) in [6, 6.07) is 12.9. The molecule has 3 aromatic rings. The van der Waals surface area contributed by atoms with E-state index in [2.05, 4.69) is 0 Å². The second-order valence-electron chi connectivity index (χ2n) is 6.05. The fraction of sp³-hybridized carbons (Fsp3) is 0.150. The van der Waals surface area contributed by atoms with Crippen LogP contribution in [0.1, 0.15) is 27.2 Å². The van der Waals surface area contributed by atoms with Gasteiger partial charge in [0.2, 0.25) is 0 Å². The van der Waals surface area contributed by atoms with Crippen LogP contribution in [0.5, 0.6) is 0 Å². The molecule has 0 aliphatic heterocycles. The minimum atomic E-state index is -1.21. The van der Waals surface area contributed by atoms with Crippen LogP contribution >= 0.6 is 23.2 Å². The van der Waals surface area contributed by atoms with E-state index in [1.54, 1.807) is 25.1 Å². The van der Waals surface area contributed by atoms with Gasteiger partial charge in [0.05, 0.1) is 21.7 Å². The van der Waals surface area contributed by atoms with Crippen LogP contribution < -0.4 is 5.11 Å². The fourth-order valence-corrected chi connectivity index (χ4v) is 3.18. The van der Waals surface area contributed by atoms with Crippen LogP contribution in [0.4, 0.5) is 0 Å². The number of carboxylic acids is 1. The maximum absolute atomic E-state index is 11.5. The molecule has 1 aromatic heterocycles. The summed E-state index contributed by atoms with van der Waals surface area (Å²) in [5.41, 5.74) is 5.46. The first-order chi connectivity index (χ1) is 11.8. The summed E-state index contributed by atoms with van der Waals surface area (Å²) < 4.78 is 1.86. The predicted molar refractivity (Wildman–Crippen MR) is 99.8 cm³/mol. The first-order valence-electron chi connectivity index (χ1n) is 7.76. The number of aryl methyl sites for hydroxylation is 2. The highest BCUT2D eigenvalue weighted by molar-refractivity contribution is 6.42. The van der Waals surface area contributed by atoms with Crippen LogP contribution in [-0.2, 0) is 0 Å². The zero-order valence-corrected chi connectivity index (χ0v) is 15.6. The molecular weight excluding hydrogens is 357 g/mol. The van der Waals surface area contributed by atoms with Gasteiger partial charge >= 0.3 is 0 Å². The SMILES string of the molecule is Cc1ccc(-c2cc(C(=O)[O-])c(C)n2-c2ccc(Cl)c(Cl)c2)cc1C. The lowest BCUT2D eigenvalue weighted by molar-refractivity contribution is -0.255. The highest BCUT2D eigenvalue weighted by Gasteiger charge is 2.16. The molecule has 25 heavy (non-hydrogen) atoms. The van der Waals surface area contributed by atoms with E-state index in [4.69, 9.17) is 23.2 Å². The highest BCUT2D eigenvalue weighted by atomic mass is 35.5. The second-order valence-corrected chi connectivity index (χ2v) is 6.86. The van der Waals surface area contributed by atoms with Crippen molar-refractivity contribution in [2.75, 3.05) is 0 Å². The van der Waals surface area contributed by atoms with Gasteiger partial charge in [-0.15, -0.1) is 0 Å². The molecule has 0 fully saturated rings. The van der Waals surface area contributed by atoms with Crippen molar-refractivity contribution in [3.05, 3.63) is 74.9 Å². The maximum Gasteiger partial charge on any atom is 0.0733 e. The van der Waals surface area contributed by atoms with Gasteiger partial charge in [-0.2, -0.15) is 0 Å². The Balaban J connectivity index is 2.30. The average Bonchev–Trinajstić information content (AvgIpc) is 2.90. The quantitative estimate of drug-likeness (QED) is 0.666. The van der Waals surface area contributed by atoms with E-state index in [0.717, 1.165) is 22.5 Å². The monoisotopic (exact) mass is 372 g/mol. The Hall–Kier alpha value is -2.23. The number of hydrogen-bond acceptors (Lipinski definition) is 2. The van der Waals surface area contributed by atoms with Gasteiger partial charge < -0.3 is 14.5 Å². The molecule has 0 aliphatic carbocycles. The van der Waals surface area contributed by atoms with Crippen LogP contribution in [0.3, 0.4) is 0 Å². The Labute approximate surface area is 156 Å². The van der Waals surface area contributed by atoms with Gasteiger partial charge in [-0.1, -0.05) is 35.3 Å². The van der Waals surface area contributed by atoms with Crippen molar-refractivity contribution in [1.29, 1.82) is 0 Å². The Morgan fingerprint density at radius 3 is 2.24 bits per heavy atom. The van der Waals surface area contributed by atoms with Gasteiger partial charge in [-0.3, -0.25) is 0 Å². The smallest absolute Gasteiger partial charge is 0.0733 e. The second kappa shape index (κ2) is 6.58. The third kappa shape index (κ3) is 3.17. The number of rotatable bonds is 3. The molecule has 0 amide bonds. The standard InChI is InChI=1S/C20H17Cl2NO2/c1-11-4-5-14(8-12(11)2)19-10-16(20(24)25)13(3)23(19)15-6-7-17(21)18(22)9-15/h4-10H,1-3H3,(H,24,25)/p-1. The normalized spacial score (nSPS) is 10.9. The minimum Gasteiger partial charge on any atom is -0.545 e. The Morgan fingerprint density at radius 1 is 0.920 bits per heavy atom. The van der Waals surface area contributed by atoms with Crippen molar-refractivity contribution < 1.29 is 9.90 Å². The number of carboxylic acid groups (broad SMARTS) is 1. The zero-order chi connectivity index (χ0) is 18.3. The van der Waals surface area contributed by atoms with E-state index in [-0.39, 0.29) is 5.56 Å². The van der Waals surface area contributed by atoms with Crippen LogP contribution in [0, 0.1) is 20.8 Å². The van der Waals surface area contributed by atoms with Gasteiger partial charge in [0.25, 0.3) is 0 Å². The molecule has 0 radical (unpaired) electrons. The van der Waals surface area contributed by atoms with Gasteiger partial charge in [0.1, 0.15) is 0 Å². The number of aromatic nitrogens is 1. The Bertz CT molecular complexity index is 990. The van der Waals surface area contributed by atoms with Gasteiger partial charge in [-0.05, 0) is 67.8 Å². The number of halogens is 2. The van der Waals surface area contributed by atoms with Crippen molar-refractivity contribution in [3.8, 4) is 16.9 Å². The Kier molecular flexibility index (Phi) is 4.63. The third-order valence-corrected chi connectivity index (χ3v) is 5.17. The number of carbonyl (C=O) groups excluding carboxylic acids is 1. The van der Waals surface area contributed by atoms with Crippen LogP contribution in [0.25, 0.3) is 16.9 Å². The van der Waals surface area contributed by atoms with Crippen molar-refractivity contribution >= 4 is 29.2 Å². The number of aromatic carboxylic acids is 1. The zero-order valence-electron chi connectivity index (χ0n) is 14.1. The van der Waals surface area contributed by atoms with Crippen LogP contribution in [0.15, 0.2) is 42.5 Å². The summed E-state index contributed by atoms with van der Waals surface area (Å²) in [5.74, 6) is -1.21. The molecule has 0 saturated heterocycles. The molecule has 3 nitrogen and oxygen atoms in total. The largest absolute Gasteiger partial charge is 0.545 e. The molecule has 0 aliphatic rings. The lowest BCUT2D eigenvalue weighted by Crippen LogP contribution is -2.22. The first kappa shape index (κ1) is 17.6. The van der Waals surface area contributed by atoms with E-state index in [9.17, 15) is 9.90 Å². The van der Waals surface area contributed by atoms with E-state index >= 15 is 0 Å². The van der Waals surface area contributed by atoms with Crippen molar-refractivity contribution in [2.45, 2.75) is 20.8 Å². The van der Waals surface area contributed by atoms with Gasteiger partial charge in [0.15, 0.2) is 0 Å². The van der Waals surface area contributed by atoms with E-state index in [1.165, 1.54) is 5.56 Å². The summed E-state index contributed by atoms with van der Waals surface area (Å²) in [6.45, 7) is 5.81. The van der Waals surface area contributed by atoms with Crippen molar-refractivity contribution in [2.24, 2.45) is 0 Å². The molecule has 0 spiro atoms. The van der Waals surface area contributed by atoms with Crippen LogP contribution in [0.2, 0.25) is 10.0 Å². The fourth-order valence-electron chi connectivity index (χ4n) is 2.88. The lowest BCUT2D eigenvalue weighted by atomic mass is 10.0. The van der Waals surface area contributed by atoms with Crippen molar-refractivity contribution in [3.63, 3.8) is 0 Å². The summed E-state index contributed by atoms with van der Waals surface area (Å²) >= 11 is 12.2. The topological polar surface area (TPSA) is 45.1 Å². The number of carbonyl (C=O) groups is 1. The molecule has 2 aromatic carbocycles. The average molecular weight is 373 g/mol. The number of hydrogen-bond donors (Lipinski definition) is 0. The maximum atomic E-state index is 11.5. The number of nitrogens with zero attached hydrogens (tertiary/aromatic N) is 1. The molecule has 0 unspecified atom stereocenters. The molecule has 0 bridgehead atoms. The van der Waals surface area contributed by atoms with E-state index in [1.807, 2.05) is 42.7 Å². The van der Waals surface area contributed by atoms with Crippen LogP contribution in [-0.4, -0.2) is 10.5 Å². The summed E-state index contributed by atoms with van der Waals surface area (Å²) in [5, 5.41) is 12.4. The molecule has 5 heteroatoms. The first-order valence-corrected chi connectivity index (χ1v) is 8.52. The van der Waals surface area contributed by atoms with Gasteiger partial charge in [-0.25, -0.2) is 0 Å². The predicted octanol–water partition coefficient (Wildman–Crippen LogP) is 4.74. The lowest BCUT2D eigenvalue weighted by Gasteiger charge is -2.14. The van der Waals surface area contributed by atoms with E-state index in [0.29, 0.717) is 15.7 Å². The summed E-state index contributed by atoms with van der Waals surface area (Å²) in [7, 11) is 0. The number of benzene rings is 2. The van der Waals surface area contributed by atoms with Gasteiger partial charge in [0, 0.05) is 16.9 Å².